The molecule has 0 saturated carbocycles. The Morgan fingerprint density at radius 2 is 1.68 bits per heavy atom. The smallest absolute Gasteiger partial charge is 0.166 e. The van der Waals surface area contributed by atoms with E-state index in [-0.39, 0.29) is 17.0 Å². The SMILES string of the molecule is CCC(=O)c1cc(C(=O)CC)c2c(c1)[C@](CC)(c1ccccc1)CO2. The van der Waals surface area contributed by atoms with Gasteiger partial charge in [-0.25, -0.2) is 0 Å². The first-order valence-electron chi connectivity index (χ1n) is 9.00. The summed E-state index contributed by atoms with van der Waals surface area (Å²) in [4.78, 5) is 24.8. The number of carbonyl (C=O) groups is 2. The fourth-order valence-electron chi connectivity index (χ4n) is 3.67. The molecule has 3 nitrogen and oxygen atoms in total. The van der Waals surface area contributed by atoms with E-state index in [2.05, 4.69) is 19.1 Å². The number of ether oxygens (including phenoxy) is 1. The molecule has 1 aliphatic rings. The van der Waals surface area contributed by atoms with Crippen LogP contribution in [0.3, 0.4) is 0 Å². The van der Waals surface area contributed by atoms with Crippen LogP contribution in [0.4, 0.5) is 0 Å². The summed E-state index contributed by atoms with van der Waals surface area (Å²) in [5.74, 6) is 0.727. The minimum absolute atomic E-state index is 0.0157. The lowest BCUT2D eigenvalue weighted by Crippen LogP contribution is -2.28. The molecule has 0 amide bonds. The van der Waals surface area contributed by atoms with Gasteiger partial charge < -0.3 is 4.74 Å². The Bertz CT molecular complexity index is 808. The van der Waals surface area contributed by atoms with Gasteiger partial charge in [-0.3, -0.25) is 9.59 Å². The van der Waals surface area contributed by atoms with Crippen molar-refractivity contribution in [3.63, 3.8) is 0 Å². The quantitative estimate of drug-likeness (QED) is 0.700. The molecule has 0 saturated heterocycles. The summed E-state index contributed by atoms with van der Waals surface area (Å²) in [6, 6.07) is 13.9. The average molecular weight is 336 g/mol. The standard InChI is InChI=1S/C22H24O3/c1-4-19(23)15-12-17(20(24)5-2)21-18(13-15)22(6-3,14-25-21)16-10-8-7-9-11-16/h7-13H,4-6,14H2,1-3H3/t22-/m0/s1. The Hall–Kier alpha value is -2.42. The van der Waals surface area contributed by atoms with Crippen molar-refractivity contribution in [2.75, 3.05) is 6.61 Å². The number of Topliss-reactive ketones (excluding diaryl/α,β-unsaturated/α-hetero) is 2. The Balaban J connectivity index is 2.27. The van der Waals surface area contributed by atoms with Gasteiger partial charge >= 0.3 is 0 Å². The van der Waals surface area contributed by atoms with Gasteiger partial charge in [0.25, 0.3) is 0 Å². The van der Waals surface area contributed by atoms with E-state index in [0.717, 1.165) is 17.5 Å². The number of rotatable bonds is 6. The Labute approximate surface area is 149 Å². The van der Waals surface area contributed by atoms with Crippen molar-refractivity contribution in [1.29, 1.82) is 0 Å². The third kappa shape index (κ3) is 2.78. The van der Waals surface area contributed by atoms with Crippen LogP contribution in [0, 0.1) is 0 Å². The van der Waals surface area contributed by atoms with Gasteiger partial charge in [0.05, 0.1) is 11.0 Å². The van der Waals surface area contributed by atoms with E-state index >= 15 is 0 Å². The maximum Gasteiger partial charge on any atom is 0.166 e. The van der Waals surface area contributed by atoms with Crippen molar-refractivity contribution in [3.05, 3.63) is 64.7 Å². The summed E-state index contributed by atoms with van der Waals surface area (Å²) < 4.78 is 6.05. The third-order valence-electron chi connectivity index (χ3n) is 5.26. The summed E-state index contributed by atoms with van der Waals surface area (Å²) in [5.41, 5.74) is 2.97. The van der Waals surface area contributed by atoms with Gasteiger partial charge in [-0.15, -0.1) is 0 Å². The molecule has 0 aromatic heterocycles. The molecule has 3 rings (SSSR count). The predicted molar refractivity (Wildman–Crippen MR) is 98.7 cm³/mol. The summed E-state index contributed by atoms with van der Waals surface area (Å²) in [6.07, 6.45) is 1.65. The van der Waals surface area contributed by atoms with Gasteiger partial charge in [-0.1, -0.05) is 51.1 Å². The summed E-state index contributed by atoms with van der Waals surface area (Å²) in [7, 11) is 0. The fourth-order valence-corrected chi connectivity index (χ4v) is 3.67. The molecule has 0 N–H and O–H groups in total. The molecule has 0 aliphatic carbocycles. The summed E-state index contributed by atoms with van der Waals surface area (Å²) >= 11 is 0. The molecule has 1 heterocycles. The van der Waals surface area contributed by atoms with Crippen LogP contribution in [0.5, 0.6) is 5.75 Å². The number of hydrogen-bond acceptors (Lipinski definition) is 3. The van der Waals surface area contributed by atoms with Gasteiger partial charge in [0.1, 0.15) is 12.4 Å². The fraction of sp³-hybridized carbons (Fsp3) is 0.364. The Kier molecular flexibility index (Phi) is 4.76. The van der Waals surface area contributed by atoms with E-state index in [0.29, 0.717) is 36.3 Å². The maximum atomic E-state index is 12.5. The summed E-state index contributed by atoms with van der Waals surface area (Å²) in [6.45, 7) is 6.30. The molecule has 0 bridgehead atoms. The molecule has 0 unspecified atom stereocenters. The molecule has 130 valence electrons. The molecule has 2 aromatic carbocycles. The topological polar surface area (TPSA) is 43.4 Å². The number of fused-ring (bicyclic) bond motifs is 1. The molecule has 1 atom stereocenters. The maximum absolute atomic E-state index is 12.5. The van der Waals surface area contributed by atoms with Crippen molar-refractivity contribution in [3.8, 4) is 5.75 Å². The molecular weight excluding hydrogens is 312 g/mol. The van der Waals surface area contributed by atoms with Gasteiger partial charge in [0.15, 0.2) is 11.6 Å². The van der Waals surface area contributed by atoms with E-state index in [1.807, 2.05) is 38.1 Å². The average Bonchev–Trinajstić information content (AvgIpc) is 3.06. The first-order valence-corrected chi connectivity index (χ1v) is 9.00. The van der Waals surface area contributed by atoms with Crippen LogP contribution in [0.1, 0.15) is 71.9 Å². The third-order valence-corrected chi connectivity index (χ3v) is 5.26. The zero-order chi connectivity index (χ0) is 18.0. The van der Waals surface area contributed by atoms with Crippen LogP contribution in [-0.2, 0) is 5.41 Å². The minimum Gasteiger partial charge on any atom is -0.491 e. The van der Waals surface area contributed by atoms with E-state index in [1.165, 1.54) is 0 Å². The van der Waals surface area contributed by atoms with Gasteiger partial charge in [0, 0.05) is 24.0 Å². The largest absolute Gasteiger partial charge is 0.491 e. The molecule has 0 fully saturated rings. The van der Waals surface area contributed by atoms with Crippen LogP contribution in [-0.4, -0.2) is 18.2 Å². The molecular formula is C22H24O3. The Morgan fingerprint density at radius 3 is 2.28 bits per heavy atom. The van der Waals surface area contributed by atoms with Crippen LogP contribution in [0.15, 0.2) is 42.5 Å². The van der Waals surface area contributed by atoms with Crippen molar-refractivity contribution in [2.24, 2.45) is 0 Å². The second-order valence-electron chi connectivity index (χ2n) is 6.54. The highest BCUT2D eigenvalue weighted by molar-refractivity contribution is 6.04. The van der Waals surface area contributed by atoms with Gasteiger partial charge in [0.2, 0.25) is 0 Å². The van der Waals surface area contributed by atoms with Gasteiger partial charge in [-0.05, 0) is 24.1 Å². The van der Waals surface area contributed by atoms with E-state index in [1.54, 1.807) is 6.07 Å². The van der Waals surface area contributed by atoms with Crippen molar-refractivity contribution < 1.29 is 14.3 Å². The minimum atomic E-state index is -0.316. The zero-order valence-corrected chi connectivity index (χ0v) is 15.1. The van der Waals surface area contributed by atoms with E-state index < -0.39 is 0 Å². The van der Waals surface area contributed by atoms with Crippen molar-refractivity contribution >= 4 is 11.6 Å². The molecule has 2 aromatic rings. The summed E-state index contributed by atoms with van der Waals surface area (Å²) in [5, 5.41) is 0. The lowest BCUT2D eigenvalue weighted by atomic mass is 9.73. The number of carbonyl (C=O) groups excluding carboxylic acids is 2. The lowest BCUT2D eigenvalue weighted by Gasteiger charge is -2.27. The predicted octanol–water partition coefficient (Wildman–Crippen LogP) is 4.96. The molecule has 0 spiro atoms. The molecule has 0 radical (unpaired) electrons. The molecule has 25 heavy (non-hydrogen) atoms. The number of benzene rings is 2. The van der Waals surface area contributed by atoms with Crippen LogP contribution >= 0.6 is 0 Å². The van der Waals surface area contributed by atoms with Crippen molar-refractivity contribution in [1.82, 2.24) is 0 Å². The van der Waals surface area contributed by atoms with E-state index in [9.17, 15) is 9.59 Å². The van der Waals surface area contributed by atoms with Crippen LogP contribution in [0.25, 0.3) is 0 Å². The Morgan fingerprint density at radius 1 is 1.00 bits per heavy atom. The number of ketones is 2. The second-order valence-corrected chi connectivity index (χ2v) is 6.54. The first kappa shape index (κ1) is 17.4. The second kappa shape index (κ2) is 6.83. The van der Waals surface area contributed by atoms with Crippen LogP contribution < -0.4 is 4.74 Å². The highest BCUT2D eigenvalue weighted by atomic mass is 16.5. The molecule has 1 aliphatic heterocycles. The monoisotopic (exact) mass is 336 g/mol. The van der Waals surface area contributed by atoms with Crippen LogP contribution in [0.2, 0.25) is 0 Å². The highest BCUT2D eigenvalue weighted by Gasteiger charge is 2.43. The van der Waals surface area contributed by atoms with Crippen molar-refractivity contribution in [2.45, 2.75) is 45.4 Å². The van der Waals surface area contributed by atoms with E-state index in [4.69, 9.17) is 4.74 Å². The number of hydrogen-bond donors (Lipinski definition) is 0. The normalized spacial score (nSPS) is 18.5. The zero-order valence-electron chi connectivity index (χ0n) is 15.1. The lowest BCUT2D eigenvalue weighted by molar-refractivity contribution is 0.0984. The first-order chi connectivity index (χ1) is 12.1. The highest BCUT2D eigenvalue weighted by Crippen LogP contribution is 2.48. The molecule has 3 heteroatoms. The van der Waals surface area contributed by atoms with Gasteiger partial charge in [-0.2, -0.15) is 0 Å².